The van der Waals surface area contributed by atoms with E-state index < -0.39 is 18.0 Å². The summed E-state index contributed by atoms with van der Waals surface area (Å²) >= 11 is 11.2. The molecule has 8 nitrogen and oxygen atoms in total. The molecule has 0 bridgehead atoms. The van der Waals surface area contributed by atoms with Gasteiger partial charge in [0, 0.05) is 28.4 Å². The van der Waals surface area contributed by atoms with Gasteiger partial charge in [-0.15, -0.1) is 0 Å². The van der Waals surface area contributed by atoms with Gasteiger partial charge in [-0.05, 0) is 32.1 Å². The highest BCUT2D eigenvalue weighted by atomic mass is 35.5. The Bertz CT molecular complexity index is 1210. The van der Waals surface area contributed by atoms with Crippen LogP contribution in [-0.2, 0) is 9.53 Å². The van der Waals surface area contributed by atoms with Gasteiger partial charge in [-0.2, -0.15) is 0 Å². The number of carbonyl (C=O) groups excluding carboxylic acids is 2. The predicted octanol–water partition coefficient (Wildman–Crippen LogP) is 3.44. The Morgan fingerprint density at radius 3 is 2.87 bits per heavy atom. The number of rotatable bonds is 5. The van der Waals surface area contributed by atoms with Crippen molar-refractivity contribution in [3.05, 3.63) is 51.5 Å². The smallest absolute Gasteiger partial charge is 0.420 e. The average Bonchev–Trinajstić information content (AvgIpc) is 3.25. The molecule has 2 aliphatic rings. The van der Waals surface area contributed by atoms with Crippen LogP contribution in [0.15, 0.2) is 50.2 Å². The number of oxazole rings is 1. The van der Waals surface area contributed by atoms with Crippen LogP contribution in [0.5, 0.6) is 0 Å². The van der Waals surface area contributed by atoms with Gasteiger partial charge >= 0.3 is 11.8 Å². The van der Waals surface area contributed by atoms with Gasteiger partial charge in [-0.3, -0.25) is 14.3 Å². The first kappa shape index (κ1) is 21.3. The van der Waals surface area contributed by atoms with Crippen LogP contribution in [0.2, 0.25) is 0 Å². The van der Waals surface area contributed by atoms with Crippen LogP contribution in [-0.4, -0.2) is 40.6 Å². The fourth-order valence-electron chi connectivity index (χ4n) is 3.59. The SMILES string of the molecule is CC(C)n1c(=O)oc2cc(N3C[C@H](CNC(=O)C4=CC(Cl)=CCC4=S)OC3=O)ccc21. The normalized spacial score (nSPS) is 19.0. The van der Waals surface area contributed by atoms with Gasteiger partial charge < -0.3 is 14.5 Å². The molecule has 10 heteroatoms. The summed E-state index contributed by atoms with van der Waals surface area (Å²) in [6, 6.07) is 5.06. The van der Waals surface area contributed by atoms with Crippen LogP contribution in [0.25, 0.3) is 11.1 Å². The van der Waals surface area contributed by atoms with E-state index in [9.17, 15) is 14.4 Å². The van der Waals surface area contributed by atoms with Crippen LogP contribution in [0.1, 0.15) is 26.3 Å². The molecular formula is C21H20ClN3O5S. The summed E-state index contributed by atoms with van der Waals surface area (Å²) in [7, 11) is 0. The highest BCUT2D eigenvalue weighted by molar-refractivity contribution is 7.81. The molecule has 4 rings (SSSR count). The molecule has 0 radical (unpaired) electrons. The Morgan fingerprint density at radius 1 is 1.35 bits per heavy atom. The number of anilines is 1. The topological polar surface area (TPSA) is 93.8 Å². The van der Waals surface area contributed by atoms with E-state index in [0.29, 0.717) is 38.7 Å². The van der Waals surface area contributed by atoms with Crippen molar-refractivity contribution in [2.24, 2.45) is 0 Å². The number of benzene rings is 1. The molecule has 2 amide bonds. The van der Waals surface area contributed by atoms with Crippen molar-refractivity contribution in [2.45, 2.75) is 32.4 Å². The lowest BCUT2D eigenvalue weighted by Crippen LogP contribution is -2.36. The van der Waals surface area contributed by atoms with Gasteiger partial charge in [0.1, 0.15) is 6.10 Å². The summed E-state index contributed by atoms with van der Waals surface area (Å²) in [6.45, 7) is 4.15. The number of aromatic nitrogens is 1. The monoisotopic (exact) mass is 461 g/mol. The van der Waals surface area contributed by atoms with Gasteiger partial charge in [0.15, 0.2) is 5.58 Å². The number of allylic oxidation sites excluding steroid dienone is 3. The fraction of sp³-hybridized carbons (Fsp3) is 0.333. The Hall–Kier alpha value is -2.91. The molecule has 1 N–H and O–H groups in total. The minimum Gasteiger partial charge on any atom is -0.442 e. The first-order valence-corrected chi connectivity index (χ1v) is 10.5. The number of nitrogens with zero attached hydrogens (tertiary/aromatic N) is 2. The molecule has 31 heavy (non-hydrogen) atoms. The van der Waals surface area contributed by atoms with Crippen LogP contribution in [0.4, 0.5) is 10.5 Å². The van der Waals surface area contributed by atoms with Crippen molar-refractivity contribution in [2.75, 3.05) is 18.0 Å². The molecule has 1 fully saturated rings. The van der Waals surface area contributed by atoms with Crippen molar-refractivity contribution in [3.8, 4) is 0 Å². The third-order valence-electron chi connectivity index (χ3n) is 5.10. The molecular weight excluding hydrogens is 442 g/mol. The second kappa shape index (κ2) is 8.32. The van der Waals surface area contributed by atoms with Gasteiger partial charge in [0.05, 0.1) is 29.9 Å². The highest BCUT2D eigenvalue weighted by Gasteiger charge is 2.33. The number of ether oxygens (including phenoxy) is 1. The molecule has 1 aliphatic carbocycles. The summed E-state index contributed by atoms with van der Waals surface area (Å²) in [4.78, 5) is 38.8. The standard InChI is InChI=1S/C21H20ClN3O5S/c1-11(2)25-16-5-4-13(8-17(16)30-21(25)28)24-10-14(29-20(24)27)9-23-19(26)15-7-12(22)3-6-18(15)31/h3-5,7-8,11,14H,6,9-10H2,1-2H3,(H,23,26)/t14-/m0/s1. The molecule has 162 valence electrons. The van der Waals surface area contributed by atoms with E-state index >= 15 is 0 Å². The fourth-order valence-corrected chi connectivity index (χ4v) is 4.01. The lowest BCUT2D eigenvalue weighted by Gasteiger charge is -2.15. The zero-order chi connectivity index (χ0) is 22.3. The number of nitrogens with one attached hydrogen (secondary N) is 1. The number of halogens is 1. The van der Waals surface area contributed by atoms with Crippen molar-refractivity contribution in [3.63, 3.8) is 0 Å². The Kier molecular flexibility index (Phi) is 5.72. The Labute approximate surface area is 188 Å². The first-order valence-electron chi connectivity index (χ1n) is 9.76. The molecule has 0 spiro atoms. The second-order valence-corrected chi connectivity index (χ2v) is 8.51. The maximum atomic E-state index is 12.4. The zero-order valence-corrected chi connectivity index (χ0v) is 18.5. The minimum atomic E-state index is -0.539. The molecule has 2 heterocycles. The number of fused-ring (bicyclic) bond motifs is 1. The van der Waals surface area contributed by atoms with Crippen LogP contribution in [0, 0.1) is 0 Å². The molecule has 1 aliphatic heterocycles. The van der Waals surface area contributed by atoms with E-state index in [1.807, 2.05) is 13.8 Å². The molecule has 1 atom stereocenters. The quantitative estimate of drug-likeness (QED) is 0.685. The van der Waals surface area contributed by atoms with Crippen molar-refractivity contribution >= 4 is 57.5 Å². The predicted molar refractivity (Wildman–Crippen MR) is 121 cm³/mol. The van der Waals surface area contributed by atoms with E-state index in [0.717, 1.165) is 0 Å². The maximum Gasteiger partial charge on any atom is 0.420 e. The van der Waals surface area contributed by atoms with Crippen LogP contribution < -0.4 is 16.0 Å². The van der Waals surface area contributed by atoms with Gasteiger partial charge in [0.2, 0.25) is 0 Å². The van der Waals surface area contributed by atoms with Crippen molar-refractivity contribution in [1.82, 2.24) is 9.88 Å². The molecule has 1 aromatic carbocycles. The molecule has 0 saturated carbocycles. The van der Waals surface area contributed by atoms with Crippen LogP contribution in [0.3, 0.4) is 0 Å². The lowest BCUT2D eigenvalue weighted by molar-refractivity contribution is -0.117. The number of carbonyl (C=O) groups is 2. The largest absolute Gasteiger partial charge is 0.442 e. The zero-order valence-electron chi connectivity index (χ0n) is 16.9. The summed E-state index contributed by atoms with van der Waals surface area (Å²) in [5.41, 5.74) is 1.94. The third-order valence-corrected chi connectivity index (χ3v) is 5.75. The summed E-state index contributed by atoms with van der Waals surface area (Å²) < 4.78 is 12.3. The number of cyclic esters (lactones) is 1. The van der Waals surface area contributed by atoms with Gasteiger partial charge in [-0.25, -0.2) is 9.59 Å². The Morgan fingerprint density at radius 2 is 2.13 bits per heavy atom. The number of thiocarbonyl (C=S) groups is 1. The van der Waals surface area contributed by atoms with E-state index in [1.54, 1.807) is 28.8 Å². The van der Waals surface area contributed by atoms with Crippen molar-refractivity contribution < 1.29 is 18.7 Å². The first-order chi connectivity index (χ1) is 14.7. The highest BCUT2D eigenvalue weighted by Crippen LogP contribution is 2.27. The molecule has 0 unspecified atom stereocenters. The summed E-state index contributed by atoms with van der Waals surface area (Å²) in [5.74, 6) is -0.805. The van der Waals surface area contributed by atoms with E-state index in [2.05, 4.69) is 5.32 Å². The van der Waals surface area contributed by atoms with Gasteiger partial charge in [0.25, 0.3) is 5.91 Å². The second-order valence-electron chi connectivity index (χ2n) is 7.58. The van der Waals surface area contributed by atoms with Crippen LogP contribution >= 0.6 is 23.8 Å². The third kappa shape index (κ3) is 4.15. The number of hydrogen-bond acceptors (Lipinski definition) is 6. The van der Waals surface area contributed by atoms with E-state index in [1.165, 1.54) is 11.0 Å². The number of hydrogen-bond donors (Lipinski definition) is 1. The maximum absolute atomic E-state index is 12.4. The van der Waals surface area contributed by atoms with E-state index in [-0.39, 0.29) is 25.0 Å². The number of amides is 2. The average molecular weight is 462 g/mol. The summed E-state index contributed by atoms with van der Waals surface area (Å²) in [5, 5.41) is 3.21. The van der Waals surface area contributed by atoms with Gasteiger partial charge in [-0.1, -0.05) is 29.9 Å². The molecule has 2 aromatic rings. The Balaban J connectivity index is 1.45. The van der Waals surface area contributed by atoms with E-state index in [4.69, 9.17) is 33.0 Å². The summed E-state index contributed by atoms with van der Waals surface area (Å²) in [6.07, 6.45) is 2.63. The minimum absolute atomic E-state index is 0.0538. The molecule has 1 aromatic heterocycles. The van der Waals surface area contributed by atoms with Crippen molar-refractivity contribution in [1.29, 1.82) is 0 Å². The molecule has 1 saturated heterocycles. The lowest BCUT2D eigenvalue weighted by atomic mass is 10.0.